The van der Waals surface area contributed by atoms with Gasteiger partial charge in [0.2, 0.25) is 0 Å². The maximum Gasteiger partial charge on any atom is 0.282 e. The Morgan fingerprint density at radius 2 is 1.91 bits per heavy atom. The van der Waals surface area contributed by atoms with E-state index < -0.39 is 11.7 Å². The van der Waals surface area contributed by atoms with Gasteiger partial charge in [-0.2, -0.15) is 9.78 Å². The first-order valence-electron chi connectivity index (χ1n) is 10.1. The number of amides is 1. The summed E-state index contributed by atoms with van der Waals surface area (Å²) in [5.74, 6) is -0.00115. The number of aromatic nitrogens is 2. The highest BCUT2D eigenvalue weighted by atomic mass is 127. The van der Waals surface area contributed by atoms with E-state index in [0.29, 0.717) is 22.5 Å². The highest BCUT2D eigenvalue weighted by Gasteiger charge is 2.13. The molecule has 0 bridgehead atoms. The molecule has 0 aliphatic heterocycles. The standard InChI is InChI=1S/C24H16BrFI2N4O3/c1-13-30-20-7-6-15(25)10-16(20)24(34)32(13)29-11-14-8-18(27)23(19(28)9-14)35-12-22(33)31-21-5-3-2-4-17(21)26/h2-11H,12H2,1H3,(H,31,33). The largest absolute Gasteiger partial charge is 0.482 e. The van der Waals surface area contributed by atoms with Gasteiger partial charge >= 0.3 is 0 Å². The average molecular weight is 761 g/mol. The molecule has 0 atom stereocenters. The normalized spacial score (nSPS) is 11.2. The van der Waals surface area contributed by atoms with Crippen molar-refractivity contribution in [3.8, 4) is 5.75 Å². The summed E-state index contributed by atoms with van der Waals surface area (Å²) < 4.78 is 23.0. The molecule has 178 valence electrons. The predicted octanol–water partition coefficient (Wildman–Crippen LogP) is 5.72. The second-order valence-corrected chi connectivity index (χ2v) is 10.6. The number of carbonyl (C=O) groups is 1. The number of carbonyl (C=O) groups excluding carboxylic acids is 1. The van der Waals surface area contributed by atoms with Gasteiger partial charge < -0.3 is 10.1 Å². The van der Waals surface area contributed by atoms with E-state index >= 15 is 0 Å². The van der Waals surface area contributed by atoms with Gasteiger partial charge in [-0.3, -0.25) is 9.59 Å². The van der Waals surface area contributed by atoms with Crippen LogP contribution in [0, 0.1) is 19.9 Å². The summed E-state index contributed by atoms with van der Waals surface area (Å²) in [6.45, 7) is 1.44. The van der Waals surface area contributed by atoms with E-state index in [2.05, 4.69) is 76.5 Å². The third kappa shape index (κ3) is 6.06. The van der Waals surface area contributed by atoms with Crippen LogP contribution in [0.5, 0.6) is 5.75 Å². The van der Waals surface area contributed by atoms with E-state index in [1.807, 2.05) is 18.2 Å². The number of anilines is 1. The van der Waals surface area contributed by atoms with E-state index in [-0.39, 0.29) is 17.9 Å². The second kappa shape index (κ2) is 11.1. The van der Waals surface area contributed by atoms with Gasteiger partial charge in [0, 0.05) is 4.47 Å². The first kappa shape index (κ1) is 25.7. The molecule has 0 aliphatic carbocycles. The number of fused-ring (bicyclic) bond motifs is 1. The first-order chi connectivity index (χ1) is 16.7. The van der Waals surface area contributed by atoms with Crippen molar-refractivity contribution < 1.29 is 13.9 Å². The predicted molar refractivity (Wildman–Crippen MR) is 154 cm³/mol. The lowest BCUT2D eigenvalue weighted by molar-refractivity contribution is -0.118. The molecular weight excluding hydrogens is 745 g/mol. The van der Waals surface area contributed by atoms with Crippen molar-refractivity contribution in [2.24, 2.45) is 5.10 Å². The van der Waals surface area contributed by atoms with Crippen molar-refractivity contribution >= 4 is 89.8 Å². The number of hydrogen-bond acceptors (Lipinski definition) is 5. The van der Waals surface area contributed by atoms with Crippen LogP contribution in [0.15, 0.2) is 69.0 Å². The number of halogens is 4. The summed E-state index contributed by atoms with van der Waals surface area (Å²) in [6.07, 6.45) is 1.57. The molecule has 0 fully saturated rings. The van der Waals surface area contributed by atoms with Crippen LogP contribution in [0.25, 0.3) is 10.9 Å². The average Bonchev–Trinajstić information content (AvgIpc) is 2.80. The number of ether oxygens (including phenoxy) is 1. The fraction of sp³-hybridized carbons (Fsp3) is 0.0833. The lowest BCUT2D eigenvalue weighted by atomic mass is 10.2. The second-order valence-electron chi connectivity index (χ2n) is 7.31. The van der Waals surface area contributed by atoms with E-state index in [1.54, 1.807) is 37.4 Å². The van der Waals surface area contributed by atoms with Crippen molar-refractivity contribution in [3.05, 3.63) is 93.8 Å². The Balaban J connectivity index is 1.52. The topological polar surface area (TPSA) is 85.6 Å². The lowest BCUT2D eigenvalue weighted by Crippen LogP contribution is -2.21. The molecule has 4 rings (SSSR count). The number of nitrogens with zero attached hydrogens (tertiary/aromatic N) is 3. The number of rotatable bonds is 6. The minimum atomic E-state index is -0.516. The Morgan fingerprint density at radius 3 is 2.63 bits per heavy atom. The molecule has 1 amide bonds. The van der Waals surface area contributed by atoms with Crippen LogP contribution in [-0.2, 0) is 4.79 Å². The summed E-state index contributed by atoms with van der Waals surface area (Å²) in [4.78, 5) is 29.6. The quantitative estimate of drug-likeness (QED) is 0.202. The van der Waals surface area contributed by atoms with Gasteiger partial charge in [0.05, 0.1) is 29.9 Å². The van der Waals surface area contributed by atoms with Gasteiger partial charge in [0.15, 0.2) is 6.61 Å². The van der Waals surface area contributed by atoms with Gasteiger partial charge in [0.25, 0.3) is 11.5 Å². The zero-order valence-corrected chi connectivity index (χ0v) is 24.0. The van der Waals surface area contributed by atoms with E-state index in [0.717, 1.165) is 17.2 Å². The fourth-order valence-corrected chi connectivity index (χ4v) is 5.69. The number of para-hydroxylation sites is 1. The fourth-order valence-electron chi connectivity index (χ4n) is 3.20. The summed E-state index contributed by atoms with van der Waals surface area (Å²) in [6, 6.07) is 14.9. The maximum absolute atomic E-state index is 13.7. The summed E-state index contributed by atoms with van der Waals surface area (Å²) in [7, 11) is 0. The molecule has 1 heterocycles. The molecular formula is C24H16BrFI2N4O3. The molecule has 0 aliphatic rings. The third-order valence-corrected chi connectivity index (χ3v) is 6.90. The first-order valence-corrected chi connectivity index (χ1v) is 13.1. The van der Waals surface area contributed by atoms with Gasteiger partial charge in [-0.1, -0.05) is 28.1 Å². The van der Waals surface area contributed by atoms with Crippen LogP contribution >= 0.6 is 61.1 Å². The Labute approximate surface area is 235 Å². The number of nitrogens with one attached hydrogen (secondary N) is 1. The molecule has 4 aromatic rings. The van der Waals surface area contributed by atoms with Crippen molar-refractivity contribution in [1.82, 2.24) is 9.66 Å². The minimum Gasteiger partial charge on any atom is -0.482 e. The summed E-state index contributed by atoms with van der Waals surface area (Å²) in [5, 5.41) is 7.30. The van der Waals surface area contributed by atoms with Crippen LogP contribution in [-0.4, -0.2) is 28.4 Å². The van der Waals surface area contributed by atoms with E-state index in [1.165, 1.54) is 16.8 Å². The van der Waals surface area contributed by atoms with Crippen LogP contribution in [0.3, 0.4) is 0 Å². The SMILES string of the molecule is Cc1nc2ccc(Br)cc2c(=O)n1N=Cc1cc(I)c(OCC(=O)Nc2ccccc2F)c(I)c1. The Kier molecular flexibility index (Phi) is 8.16. The summed E-state index contributed by atoms with van der Waals surface area (Å²) >= 11 is 7.58. The lowest BCUT2D eigenvalue weighted by Gasteiger charge is -2.12. The zero-order valence-electron chi connectivity index (χ0n) is 18.1. The number of benzene rings is 3. The molecule has 1 N–H and O–H groups in total. The van der Waals surface area contributed by atoms with Gasteiger partial charge in [0.1, 0.15) is 17.4 Å². The molecule has 0 spiro atoms. The molecule has 0 saturated heterocycles. The zero-order chi connectivity index (χ0) is 25.1. The van der Waals surface area contributed by atoms with Crippen molar-refractivity contribution in [2.75, 3.05) is 11.9 Å². The number of aryl methyl sites for hydroxylation is 1. The minimum absolute atomic E-state index is 0.0955. The van der Waals surface area contributed by atoms with Crippen LogP contribution in [0.2, 0.25) is 0 Å². The highest BCUT2D eigenvalue weighted by Crippen LogP contribution is 2.28. The molecule has 1 aromatic heterocycles. The monoisotopic (exact) mass is 760 g/mol. The third-order valence-electron chi connectivity index (χ3n) is 4.81. The van der Waals surface area contributed by atoms with Crippen molar-refractivity contribution in [1.29, 1.82) is 0 Å². The highest BCUT2D eigenvalue weighted by molar-refractivity contribution is 14.1. The van der Waals surface area contributed by atoms with E-state index in [9.17, 15) is 14.0 Å². The van der Waals surface area contributed by atoms with Gasteiger partial charge in [-0.15, -0.1) is 0 Å². The van der Waals surface area contributed by atoms with Crippen molar-refractivity contribution in [2.45, 2.75) is 6.92 Å². The molecule has 0 radical (unpaired) electrons. The molecule has 3 aromatic carbocycles. The molecule has 0 unspecified atom stereocenters. The van der Waals surface area contributed by atoms with E-state index in [4.69, 9.17) is 4.74 Å². The van der Waals surface area contributed by atoms with Crippen LogP contribution < -0.4 is 15.6 Å². The number of hydrogen-bond donors (Lipinski definition) is 1. The van der Waals surface area contributed by atoms with Crippen LogP contribution in [0.4, 0.5) is 10.1 Å². The maximum atomic E-state index is 13.7. The molecule has 11 heteroatoms. The van der Waals surface area contributed by atoms with Gasteiger partial charge in [-0.05, 0) is 100 Å². The summed E-state index contributed by atoms with van der Waals surface area (Å²) in [5.41, 5.74) is 1.17. The Morgan fingerprint density at radius 1 is 1.20 bits per heavy atom. The van der Waals surface area contributed by atoms with Gasteiger partial charge in [-0.25, -0.2) is 9.37 Å². The smallest absolute Gasteiger partial charge is 0.282 e. The van der Waals surface area contributed by atoms with Crippen LogP contribution in [0.1, 0.15) is 11.4 Å². The molecule has 7 nitrogen and oxygen atoms in total. The van der Waals surface area contributed by atoms with Crippen molar-refractivity contribution in [3.63, 3.8) is 0 Å². The Bertz CT molecular complexity index is 1520. The Hall–Kier alpha value is -2.39. The molecule has 35 heavy (non-hydrogen) atoms. The molecule has 0 saturated carbocycles.